The van der Waals surface area contributed by atoms with Crippen molar-refractivity contribution in [1.82, 2.24) is 29.6 Å². The number of benzene rings is 1. The summed E-state index contributed by atoms with van der Waals surface area (Å²) in [5, 5.41) is 15.6. The highest BCUT2D eigenvalue weighted by molar-refractivity contribution is 5.42. The van der Waals surface area contributed by atoms with Gasteiger partial charge in [-0.05, 0) is 30.7 Å². The maximum Gasteiger partial charge on any atom is 0.177 e. The van der Waals surface area contributed by atoms with Gasteiger partial charge in [0.2, 0.25) is 0 Å². The molecule has 1 aliphatic heterocycles. The summed E-state index contributed by atoms with van der Waals surface area (Å²) in [7, 11) is 0. The third-order valence-electron chi connectivity index (χ3n) is 4.83. The third kappa shape index (κ3) is 4.36. The highest BCUT2D eigenvalue weighted by Gasteiger charge is 2.16. The van der Waals surface area contributed by atoms with E-state index in [1.54, 1.807) is 10.8 Å². The van der Waals surface area contributed by atoms with Crippen molar-refractivity contribution in [3.8, 4) is 0 Å². The van der Waals surface area contributed by atoms with Crippen LogP contribution in [0.15, 0.2) is 48.8 Å². The van der Waals surface area contributed by atoms with Crippen molar-refractivity contribution in [3.05, 3.63) is 54.4 Å². The molecule has 26 heavy (non-hydrogen) atoms. The Labute approximate surface area is 153 Å². The molecule has 0 unspecified atom stereocenters. The second kappa shape index (κ2) is 8.25. The van der Waals surface area contributed by atoms with Crippen LogP contribution < -0.4 is 5.32 Å². The summed E-state index contributed by atoms with van der Waals surface area (Å²) in [6.45, 7) is 7.71. The summed E-state index contributed by atoms with van der Waals surface area (Å²) >= 11 is 0. The zero-order valence-corrected chi connectivity index (χ0v) is 15.0. The molecule has 136 valence electrons. The third-order valence-corrected chi connectivity index (χ3v) is 4.83. The molecule has 0 radical (unpaired) electrons. The van der Waals surface area contributed by atoms with Gasteiger partial charge >= 0.3 is 0 Å². The second-order valence-electron chi connectivity index (χ2n) is 6.74. The average Bonchev–Trinajstić information content (AvgIpc) is 3.15. The van der Waals surface area contributed by atoms with Gasteiger partial charge < -0.3 is 10.2 Å². The first-order valence-corrected chi connectivity index (χ1v) is 9.26. The van der Waals surface area contributed by atoms with E-state index in [-0.39, 0.29) is 0 Å². The molecular weight excluding hydrogens is 326 g/mol. The lowest BCUT2D eigenvalue weighted by atomic mass is 10.2. The molecule has 1 saturated heterocycles. The van der Waals surface area contributed by atoms with E-state index in [0.717, 1.165) is 63.7 Å². The fourth-order valence-electron chi connectivity index (χ4n) is 3.35. The van der Waals surface area contributed by atoms with E-state index in [1.165, 1.54) is 5.56 Å². The maximum absolute atomic E-state index is 4.43. The quantitative estimate of drug-likeness (QED) is 0.655. The minimum absolute atomic E-state index is 0.768. The minimum Gasteiger partial charge on any atom is -0.369 e. The fraction of sp³-hybridized carbons (Fsp3) is 0.421. The second-order valence-corrected chi connectivity index (χ2v) is 6.74. The van der Waals surface area contributed by atoms with Gasteiger partial charge in [0.05, 0.1) is 0 Å². The maximum atomic E-state index is 4.43. The molecule has 1 fully saturated rings. The molecule has 0 bridgehead atoms. The first kappa shape index (κ1) is 16.9. The largest absolute Gasteiger partial charge is 0.369 e. The first-order valence-electron chi connectivity index (χ1n) is 9.26. The molecule has 2 aromatic heterocycles. The Morgan fingerprint density at radius 2 is 1.73 bits per heavy atom. The molecule has 1 N–H and O–H groups in total. The van der Waals surface area contributed by atoms with Crippen molar-refractivity contribution in [2.75, 3.05) is 44.6 Å². The van der Waals surface area contributed by atoms with Gasteiger partial charge in [0.25, 0.3) is 0 Å². The van der Waals surface area contributed by atoms with Gasteiger partial charge in [-0.3, -0.25) is 4.90 Å². The zero-order chi connectivity index (χ0) is 17.6. The van der Waals surface area contributed by atoms with Gasteiger partial charge in [0.15, 0.2) is 5.65 Å². The smallest absolute Gasteiger partial charge is 0.177 e. The summed E-state index contributed by atoms with van der Waals surface area (Å²) in [6.07, 6.45) is 2.73. The van der Waals surface area contributed by atoms with Gasteiger partial charge in [-0.15, -0.1) is 15.3 Å². The van der Waals surface area contributed by atoms with Crippen molar-refractivity contribution in [1.29, 1.82) is 0 Å². The summed E-state index contributed by atoms with van der Waals surface area (Å²) in [6, 6.07) is 14.6. The van der Waals surface area contributed by atoms with E-state index in [9.17, 15) is 0 Å². The minimum atomic E-state index is 0.768. The van der Waals surface area contributed by atoms with Gasteiger partial charge in [-0.1, -0.05) is 30.3 Å². The molecule has 1 aliphatic rings. The number of nitrogens with zero attached hydrogens (tertiary/aromatic N) is 6. The van der Waals surface area contributed by atoms with Crippen molar-refractivity contribution < 1.29 is 0 Å². The van der Waals surface area contributed by atoms with Gasteiger partial charge in [-0.2, -0.15) is 4.52 Å². The van der Waals surface area contributed by atoms with Gasteiger partial charge in [0, 0.05) is 39.3 Å². The summed E-state index contributed by atoms with van der Waals surface area (Å²) < 4.78 is 1.69. The summed E-state index contributed by atoms with van der Waals surface area (Å²) in [5.74, 6) is 0.866. The number of piperazine rings is 1. The Morgan fingerprint density at radius 3 is 2.58 bits per heavy atom. The van der Waals surface area contributed by atoms with E-state index >= 15 is 0 Å². The van der Waals surface area contributed by atoms with Gasteiger partial charge in [0.1, 0.15) is 12.1 Å². The topological polar surface area (TPSA) is 61.6 Å². The Kier molecular flexibility index (Phi) is 5.37. The molecular formula is C19H25N7. The van der Waals surface area contributed by atoms with Crippen molar-refractivity contribution >= 4 is 11.5 Å². The van der Waals surface area contributed by atoms with Crippen molar-refractivity contribution in [2.24, 2.45) is 0 Å². The van der Waals surface area contributed by atoms with Crippen LogP contribution in [-0.4, -0.2) is 68.9 Å². The fourth-order valence-corrected chi connectivity index (χ4v) is 3.35. The van der Waals surface area contributed by atoms with E-state index in [0.29, 0.717) is 0 Å². The summed E-state index contributed by atoms with van der Waals surface area (Å²) in [4.78, 5) is 5.10. The molecule has 0 saturated carbocycles. The molecule has 0 spiro atoms. The number of hydrogen-bond acceptors (Lipinski definition) is 6. The Hall–Kier alpha value is -2.51. The number of anilines is 1. The monoisotopic (exact) mass is 351 g/mol. The van der Waals surface area contributed by atoms with E-state index < -0.39 is 0 Å². The molecule has 7 nitrogen and oxygen atoms in total. The number of nitrogens with one attached hydrogen (secondary N) is 1. The van der Waals surface area contributed by atoms with Crippen LogP contribution in [0.25, 0.3) is 5.65 Å². The van der Waals surface area contributed by atoms with Gasteiger partial charge in [-0.25, -0.2) is 0 Å². The number of fused-ring (bicyclic) bond motifs is 1. The molecule has 0 atom stereocenters. The number of hydrogen-bond donors (Lipinski definition) is 1. The predicted octanol–water partition coefficient (Wildman–Crippen LogP) is 1.74. The van der Waals surface area contributed by atoms with E-state index in [1.807, 2.05) is 12.1 Å². The molecule has 1 aromatic carbocycles. The zero-order valence-electron chi connectivity index (χ0n) is 15.0. The lowest BCUT2D eigenvalue weighted by Gasteiger charge is -2.34. The predicted molar refractivity (Wildman–Crippen MR) is 102 cm³/mol. The molecule has 7 heteroatoms. The van der Waals surface area contributed by atoms with E-state index in [4.69, 9.17) is 0 Å². The highest BCUT2D eigenvalue weighted by atomic mass is 15.4. The van der Waals surface area contributed by atoms with Crippen LogP contribution >= 0.6 is 0 Å². The van der Waals surface area contributed by atoms with Crippen LogP contribution in [0.1, 0.15) is 12.0 Å². The number of rotatable bonds is 7. The molecule has 0 amide bonds. The van der Waals surface area contributed by atoms with Crippen molar-refractivity contribution in [2.45, 2.75) is 13.0 Å². The lowest BCUT2D eigenvalue weighted by Crippen LogP contribution is -2.46. The Balaban J connectivity index is 1.15. The molecule has 0 aliphatic carbocycles. The standard InChI is InChI=1S/C19H25N7/c1-2-5-17(6-3-1)15-25-13-11-24(12-14-25)10-4-9-20-18-7-8-19-22-21-16-26(19)23-18/h1-3,5-8,16H,4,9-15H2,(H,20,23). The molecule has 3 aromatic rings. The highest BCUT2D eigenvalue weighted by Crippen LogP contribution is 2.09. The molecule has 3 heterocycles. The van der Waals surface area contributed by atoms with Crippen LogP contribution in [-0.2, 0) is 6.54 Å². The SMILES string of the molecule is c1ccc(CN2CCN(CCCNc3ccc4nncn4n3)CC2)cc1. The number of aromatic nitrogens is 4. The van der Waals surface area contributed by atoms with E-state index in [2.05, 4.69) is 60.7 Å². The Bertz CT molecular complexity index is 809. The first-order chi connectivity index (χ1) is 12.9. The normalized spacial score (nSPS) is 16.2. The Morgan fingerprint density at radius 1 is 0.923 bits per heavy atom. The van der Waals surface area contributed by atoms with Crippen molar-refractivity contribution in [3.63, 3.8) is 0 Å². The molecule has 4 rings (SSSR count). The van der Waals surface area contributed by atoms with Crippen LogP contribution in [0.3, 0.4) is 0 Å². The lowest BCUT2D eigenvalue weighted by molar-refractivity contribution is 0.127. The van der Waals surface area contributed by atoms with Crippen LogP contribution in [0.5, 0.6) is 0 Å². The van der Waals surface area contributed by atoms with Crippen LogP contribution in [0.2, 0.25) is 0 Å². The average molecular weight is 351 g/mol. The van der Waals surface area contributed by atoms with Crippen LogP contribution in [0, 0.1) is 0 Å². The van der Waals surface area contributed by atoms with Crippen LogP contribution in [0.4, 0.5) is 5.82 Å². The summed E-state index contributed by atoms with van der Waals surface area (Å²) in [5.41, 5.74) is 2.17.